The lowest BCUT2D eigenvalue weighted by Crippen LogP contribution is -2.62. The van der Waals surface area contributed by atoms with E-state index in [1.807, 2.05) is 31.2 Å². The molecule has 1 spiro atoms. The van der Waals surface area contributed by atoms with Gasteiger partial charge in [-0.1, -0.05) is 12.1 Å². The molecular weight excluding hydrogens is 350 g/mol. The number of aryl methyl sites for hydroxylation is 1. The number of anilines is 2. The normalized spacial score (nSPS) is 18.7. The van der Waals surface area contributed by atoms with Crippen molar-refractivity contribution in [3.8, 4) is 0 Å². The van der Waals surface area contributed by atoms with Gasteiger partial charge in [0.2, 0.25) is 5.91 Å². The lowest BCUT2D eigenvalue weighted by molar-refractivity contribution is -0.117. The average molecular weight is 371 g/mol. The van der Waals surface area contributed by atoms with Crippen LogP contribution >= 0.6 is 11.3 Å². The molecule has 0 radical (unpaired) electrons. The Morgan fingerprint density at radius 1 is 1.31 bits per heavy atom. The van der Waals surface area contributed by atoms with E-state index in [1.54, 1.807) is 6.20 Å². The number of nitrogens with zero attached hydrogens (tertiary/aromatic N) is 2. The fourth-order valence-corrected chi connectivity index (χ4v) is 4.16. The second-order valence-corrected chi connectivity index (χ2v) is 8.04. The number of hydrogen-bond donors (Lipinski definition) is 3. The molecule has 3 N–H and O–H groups in total. The summed E-state index contributed by atoms with van der Waals surface area (Å²) in [4.78, 5) is 31.9. The van der Waals surface area contributed by atoms with E-state index in [-0.39, 0.29) is 11.8 Å². The first-order chi connectivity index (χ1) is 12.5. The minimum Gasteiger partial charge on any atom is -0.362 e. The fraction of sp³-hybridized carbons (Fsp3) is 0.389. The van der Waals surface area contributed by atoms with Crippen LogP contribution in [0.1, 0.15) is 28.1 Å². The molecule has 1 fully saturated rings. The maximum atomic E-state index is 12.4. The highest BCUT2D eigenvalue weighted by Crippen LogP contribution is 2.31. The lowest BCUT2D eigenvalue weighted by atomic mass is 9.92. The number of hydrogen-bond acceptors (Lipinski definition) is 6. The predicted octanol–water partition coefficient (Wildman–Crippen LogP) is 2.04. The first-order valence-electron chi connectivity index (χ1n) is 8.67. The minimum atomic E-state index is -0.426. The van der Waals surface area contributed by atoms with Gasteiger partial charge in [-0.25, -0.2) is 4.98 Å². The Morgan fingerprint density at radius 2 is 2.08 bits per heavy atom. The summed E-state index contributed by atoms with van der Waals surface area (Å²) in [6, 6.07) is 7.55. The van der Waals surface area contributed by atoms with E-state index in [4.69, 9.17) is 0 Å². The number of fused-ring (bicyclic) bond motifs is 1. The van der Waals surface area contributed by atoms with Crippen LogP contribution in [0.5, 0.6) is 0 Å². The Hall–Kier alpha value is -2.45. The molecule has 4 rings (SSSR count). The summed E-state index contributed by atoms with van der Waals surface area (Å²) in [5, 5.41) is 10.1. The molecule has 136 valence electrons. The van der Waals surface area contributed by atoms with Gasteiger partial charge in [-0.05, 0) is 19.1 Å². The highest BCUT2D eigenvalue weighted by atomic mass is 32.1. The molecule has 0 bridgehead atoms. The van der Waals surface area contributed by atoms with Crippen molar-refractivity contribution in [3.63, 3.8) is 0 Å². The van der Waals surface area contributed by atoms with Crippen LogP contribution in [0.25, 0.3) is 0 Å². The summed E-state index contributed by atoms with van der Waals surface area (Å²) < 4.78 is 0. The molecule has 2 aromatic rings. The zero-order valence-electron chi connectivity index (χ0n) is 14.5. The number of nitrogens with one attached hydrogen (secondary N) is 3. The second-order valence-electron chi connectivity index (χ2n) is 6.81. The average Bonchev–Trinajstić information content (AvgIpc) is 3.02. The van der Waals surface area contributed by atoms with Gasteiger partial charge in [0.25, 0.3) is 5.91 Å². The molecule has 1 saturated heterocycles. The summed E-state index contributed by atoms with van der Waals surface area (Å²) in [5.41, 5.74) is 1.13. The quantitative estimate of drug-likeness (QED) is 0.769. The zero-order valence-corrected chi connectivity index (χ0v) is 15.4. The maximum absolute atomic E-state index is 12.4. The van der Waals surface area contributed by atoms with Gasteiger partial charge in [-0.15, -0.1) is 11.3 Å². The van der Waals surface area contributed by atoms with Crippen molar-refractivity contribution >= 4 is 34.0 Å². The van der Waals surface area contributed by atoms with Crippen molar-refractivity contribution in [2.45, 2.75) is 25.4 Å². The monoisotopic (exact) mass is 371 g/mol. The number of para-hydroxylation sites is 1. The molecule has 3 heterocycles. The van der Waals surface area contributed by atoms with Crippen molar-refractivity contribution in [2.75, 3.05) is 30.3 Å². The number of thiazole rings is 1. The van der Waals surface area contributed by atoms with E-state index in [0.717, 1.165) is 36.5 Å². The molecule has 0 aliphatic carbocycles. The summed E-state index contributed by atoms with van der Waals surface area (Å²) in [7, 11) is 0. The largest absolute Gasteiger partial charge is 0.362 e. The van der Waals surface area contributed by atoms with Crippen molar-refractivity contribution < 1.29 is 9.59 Å². The summed E-state index contributed by atoms with van der Waals surface area (Å²) in [6.45, 7) is 3.76. The third kappa shape index (κ3) is 3.42. The lowest BCUT2D eigenvalue weighted by Gasteiger charge is -2.45. The van der Waals surface area contributed by atoms with E-state index >= 15 is 0 Å². The van der Waals surface area contributed by atoms with Gasteiger partial charge in [-0.3, -0.25) is 14.5 Å². The van der Waals surface area contributed by atoms with Crippen LogP contribution in [0.3, 0.4) is 0 Å². The number of carbonyl (C=O) groups excluding carboxylic acids is 2. The molecule has 26 heavy (non-hydrogen) atoms. The van der Waals surface area contributed by atoms with E-state index in [2.05, 4.69) is 25.8 Å². The third-order valence-electron chi connectivity index (χ3n) is 4.84. The molecule has 0 atom stereocenters. The Labute approximate surface area is 155 Å². The summed E-state index contributed by atoms with van der Waals surface area (Å²) in [5.74, 6) is -0.0917. The van der Waals surface area contributed by atoms with Crippen molar-refractivity contribution in [1.29, 1.82) is 0 Å². The number of amides is 2. The van der Waals surface area contributed by atoms with Gasteiger partial charge in [0.1, 0.15) is 5.66 Å². The summed E-state index contributed by atoms with van der Waals surface area (Å²) in [6.07, 6.45) is 3.24. The van der Waals surface area contributed by atoms with Crippen LogP contribution in [0.4, 0.5) is 10.8 Å². The van der Waals surface area contributed by atoms with Crippen molar-refractivity contribution in [3.05, 3.63) is 40.9 Å². The van der Waals surface area contributed by atoms with Crippen LogP contribution in [0.2, 0.25) is 0 Å². The molecule has 0 saturated carbocycles. The number of benzene rings is 1. The van der Waals surface area contributed by atoms with E-state index in [0.29, 0.717) is 17.2 Å². The van der Waals surface area contributed by atoms with E-state index in [9.17, 15) is 9.59 Å². The zero-order chi connectivity index (χ0) is 18.1. The maximum Gasteiger partial charge on any atom is 0.255 e. The smallest absolute Gasteiger partial charge is 0.255 e. The minimum absolute atomic E-state index is 0.0373. The predicted molar refractivity (Wildman–Crippen MR) is 101 cm³/mol. The first-order valence-corrected chi connectivity index (χ1v) is 9.49. The Balaban J connectivity index is 1.34. The molecule has 1 aromatic carbocycles. The number of piperidine rings is 1. The number of aromatic nitrogens is 1. The molecule has 1 aromatic heterocycles. The molecule has 2 aliphatic heterocycles. The van der Waals surface area contributed by atoms with Gasteiger partial charge >= 0.3 is 0 Å². The highest BCUT2D eigenvalue weighted by Gasteiger charge is 2.40. The van der Waals surface area contributed by atoms with Gasteiger partial charge in [0.05, 0.1) is 12.1 Å². The third-order valence-corrected chi connectivity index (χ3v) is 5.67. The van der Waals surface area contributed by atoms with Gasteiger partial charge in [-0.2, -0.15) is 0 Å². The van der Waals surface area contributed by atoms with Crippen LogP contribution in [0.15, 0.2) is 30.5 Å². The van der Waals surface area contributed by atoms with Gasteiger partial charge < -0.3 is 16.0 Å². The molecule has 0 unspecified atom stereocenters. The number of rotatable bonds is 3. The molecule has 7 nitrogen and oxygen atoms in total. The van der Waals surface area contributed by atoms with Crippen molar-refractivity contribution in [1.82, 2.24) is 15.2 Å². The van der Waals surface area contributed by atoms with E-state index in [1.165, 1.54) is 11.3 Å². The van der Waals surface area contributed by atoms with Gasteiger partial charge in [0, 0.05) is 42.7 Å². The highest BCUT2D eigenvalue weighted by molar-refractivity contribution is 7.15. The second kappa shape index (κ2) is 6.69. The van der Waals surface area contributed by atoms with Crippen LogP contribution in [0, 0.1) is 6.92 Å². The fourth-order valence-electron chi connectivity index (χ4n) is 3.48. The molecule has 2 aliphatic rings. The van der Waals surface area contributed by atoms with Crippen LogP contribution in [-0.4, -0.2) is 47.0 Å². The van der Waals surface area contributed by atoms with Crippen molar-refractivity contribution in [2.24, 2.45) is 0 Å². The van der Waals surface area contributed by atoms with Gasteiger partial charge in [0.15, 0.2) is 5.13 Å². The Bertz CT molecular complexity index is 842. The molecule has 8 heteroatoms. The van der Waals surface area contributed by atoms with Crippen LogP contribution < -0.4 is 16.0 Å². The summed E-state index contributed by atoms with van der Waals surface area (Å²) >= 11 is 1.47. The standard InChI is InChI=1S/C18H21N5O2S/c1-12-10-19-17(26-12)20-15(24)11-23-8-6-18(7-9-23)21-14-5-3-2-4-13(14)16(25)22-18/h2-5,10,21H,6-9,11H2,1H3,(H,22,25)(H,19,20,24). The van der Waals surface area contributed by atoms with Crippen LogP contribution in [-0.2, 0) is 4.79 Å². The molecular formula is C18H21N5O2S. The first kappa shape index (κ1) is 17.0. The topological polar surface area (TPSA) is 86.4 Å². The van der Waals surface area contributed by atoms with E-state index < -0.39 is 5.66 Å². The number of carbonyl (C=O) groups is 2. The Kier molecular flexibility index (Phi) is 4.37. The number of likely N-dealkylation sites (tertiary alicyclic amines) is 1. The SMILES string of the molecule is Cc1cnc(NC(=O)CN2CCC3(CC2)NC(=O)c2ccccc2N3)s1. The Morgan fingerprint density at radius 3 is 2.81 bits per heavy atom. The molecule has 2 amide bonds.